The number of hydrogen-bond donors (Lipinski definition) is 1. The number of imidazole rings is 1. The van der Waals surface area contributed by atoms with Gasteiger partial charge in [0, 0.05) is 44.4 Å². The van der Waals surface area contributed by atoms with E-state index >= 15 is 0 Å². The second-order valence-electron chi connectivity index (χ2n) is 6.62. The maximum Gasteiger partial charge on any atom is 0.346 e. The molecule has 2 aromatic heterocycles. The molecule has 0 aromatic carbocycles. The molecule has 1 amide bonds. The van der Waals surface area contributed by atoms with E-state index in [-0.39, 0.29) is 24.2 Å². The minimum Gasteiger partial charge on any atom is -0.350 e. The lowest BCUT2D eigenvalue weighted by atomic mass is 10.1. The van der Waals surface area contributed by atoms with Crippen molar-refractivity contribution in [2.75, 3.05) is 0 Å². The zero-order chi connectivity index (χ0) is 16.5. The number of aromatic nitrogens is 5. The number of aryl methyl sites for hydroxylation is 2. The molecule has 2 aliphatic rings. The number of fused-ring (bicyclic) bond motifs is 2. The van der Waals surface area contributed by atoms with Crippen molar-refractivity contribution in [1.29, 1.82) is 0 Å². The monoisotopic (exact) mass is 330 g/mol. The standard InChI is InChI=1S/C16H22N6O2/c23-15(18-12-5-6-13-17-7-9-20(13)10-12)11-22-16(24)21-8-3-1-2-4-14(21)19-22/h7,9,12H,1-6,8,10-11H2,(H,18,23)/t12-/m0/s1. The minimum absolute atomic E-state index is 0.00782. The highest BCUT2D eigenvalue weighted by atomic mass is 16.2. The number of amides is 1. The van der Waals surface area contributed by atoms with Gasteiger partial charge in [-0.2, -0.15) is 5.10 Å². The molecule has 2 aromatic rings. The Morgan fingerprint density at radius 1 is 1.25 bits per heavy atom. The van der Waals surface area contributed by atoms with Gasteiger partial charge in [-0.05, 0) is 19.3 Å². The molecule has 8 heteroatoms. The summed E-state index contributed by atoms with van der Waals surface area (Å²) in [6.45, 7) is 1.43. The maximum atomic E-state index is 12.4. The molecule has 0 fully saturated rings. The summed E-state index contributed by atoms with van der Waals surface area (Å²) in [5.41, 5.74) is -0.164. The van der Waals surface area contributed by atoms with E-state index < -0.39 is 0 Å². The van der Waals surface area contributed by atoms with E-state index in [1.165, 1.54) is 4.68 Å². The minimum atomic E-state index is -0.164. The van der Waals surface area contributed by atoms with E-state index in [1.807, 2.05) is 6.20 Å². The van der Waals surface area contributed by atoms with Gasteiger partial charge in [0.05, 0.1) is 0 Å². The summed E-state index contributed by atoms with van der Waals surface area (Å²) in [4.78, 5) is 29.0. The van der Waals surface area contributed by atoms with Crippen molar-refractivity contribution in [2.24, 2.45) is 0 Å². The normalized spacial score (nSPS) is 20.1. The Kier molecular flexibility index (Phi) is 3.95. The van der Waals surface area contributed by atoms with Crippen LogP contribution in [0.15, 0.2) is 17.2 Å². The average Bonchev–Trinajstić information content (AvgIpc) is 3.05. The molecule has 1 atom stereocenters. The third kappa shape index (κ3) is 2.88. The fourth-order valence-corrected chi connectivity index (χ4v) is 3.62. The van der Waals surface area contributed by atoms with Crippen molar-refractivity contribution in [2.45, 2.75) is 64.2 Å². The molecule has 24 heavy (non-hydrogen) atoms. The number of carbonyl (C=O) groups is 1. The second kappa shape index (κ2) is 6.26. The molecule has 0 aliphatic carbocycles. The molecular weight excluding hydrogens is 308 g/mol. The van der Waals surface area contributed by atoms with Gasteiger partial charge in [0.2, 0.25) is 5.91 Å². The third-order valence-corrected chi connectivity index (χ3v) is 4.88. The smallest absolute Gasteiger partial charge is 0.346 e. The van der Waals surface area contributed by atoms with E-state index in [9.17, 15) is 9.59 Å². The van der Waals surface area contributed by atoms with Crippen LogP contribution in [0, 0.1) is 0 Å². The van der Waals surface area contributed by atoms with E-state index in [4.69, 9.17) is 0 Å². The second-order valence-corrected chi connectivity index (χ2v) is 6.62. The Balaban J connectivity index is 1.41. The van der Waals surface area contributed by atoms with Gasteiger partial charge >= 0.3 is 5.69 Å². The summed E-state index contributed by atoms with van der Waals surface area (Å²) >= 11 is 0. The molecule has 0 unspecified atom stereocenters. The predicted octanol–water partition coefficient (Wildman–Crippen LogP) is 0.0989. The maximum absolute atomic E-state index is 12.4. The molecule has 0 spiro atoms. The van der Waals surface area contributed by atoms with Gasteiger partial charge in [0.15, 0.2) is 0 Å². The van der Waals surface area contributed by atoms with Crippen LogP contribution in [0.2, 0.25) is 0 Å². The molecule has 4 rings (SSSR count). The highest BCUT2D eigenvalue weighted by molar-refractivity contribution is 5.75. The first kappa shape index (κ1) is 15.2. The zero-order valence-electron chi connectivity index (χ0n) is 13.6. The van der Waals surface area contributed by atoms with Gasteiger partial charge in [-0.25, -0.2) is 14.5 Å². The summed E-state index contributed by atoms with van der Waals surface area (Å²) in [5, 5.41) is 7.38. The average molecular weight is 330 g/mol. The molecule has 2 aliphatic heterocycles. The van der Waals surface area contributed by atoms with Crippen molar-refractivity contribution in [3.63, 3.8) is 0 Å². The SMILES string of the molecule is O=C(Cn1nc2n(c1=O)CCCCC2)N[C@H]1CCc2nccn2C1. The number of hydrogen-bond acceptors (Lipinski definition) is 4. The van der Waals surface area contributed by atoms with Crippen LogP contribution in [-0.2, 0) is 37.3 Å². The molecule has 0 saturated carbocycles. The lowest BCUT2D eigenvalue weighted by Crippen LogP contribution is -2.43. The Morgan fingerprint density at radius 3 is 3.08 bits per heavy atom. The van der Waals surface area contributed by atoms with Gasteiger partial charge < -0.3 is 9.88 Å². The fraction of sp³-hybridized carbons (Fsp3) is 0.625. The molecule has 4 heterocycles. The van der Waals surface area contributed by atoms with Crippen LogP contribution in [-0.4, -0.2) is 35.8 Å². The van der Waals surface area contributed by atoms with Crippen LogP contribution in [0.3, 0.4) is 0 Å². The third-order valence-electron chi connectivity index (χ3n) is 4.88. The van der Waals surface area contributed by atoms with E-state index in [2.05, 4.69) is 20.0 Å². The molecule has 0 saturated heterocycles. The van der Waals surface area contributed by atoms with Crippen molar-refractivity contribution in [3.05, 3.63) is 34.5 Å². The Labute approximate surface area is 139 Å². The van der Waals surface area contributed by atoms with Crippen LogP contribution in [0.4, 0.5) is 0 Å². The van der Waals surface area contributed by atoms with Crippen LogP contribution in [0.25, 0.3) is 0 Å². The fourth-order valence-electron chi connectivity index (χ4n) is 3.62. The molecule has 0 radical (unpaired) electrons. The summed E-state index contributed by atoms with van der Waals surface area (Å²) in [6, 6.07) is 0.0790. The van der Waals surface area contributed by atoms with Crippen LogP contribution in [0.1, 0.15) is 37.3 Å². The number of nitrogens with zero attached hydrogens (tertiary/aromatic N) is 5. The van der Waals surface area contributed by atoms with Crippen LogP contribution < -0.4 is 11.0 Å². The van der Waals surface area contributed by atoms with E-state index in [0.29, 0.717) is 6.54 Å². The number of rotatable bonds is 3. The Hall–Kier alpha value is -2.38. The molecular formula is C16H22N6O2. The van der Waals surface area contributed by atoms with Gasteiger partial charge in [-0.3, -0.25) is 9.36 Å². The first-order valence-electron chi connectivity index (χ1n) is 8.66. The summed E-state index contributed by atoms with van der Waals surface area (Å²) in [5.74, 6) is 1.72. The summed E-state index contributed by atoms with van der Waals surface area (Å²) < 4.78 is 5.10. The van der Waals surface area contributed by atoms with E-state index in [1.54, 1.807) is 10.8 Å². The lowest BCUT2D eigenvalue weighted by molar-refractivity contribution is -0.122. The Bertz CT molecular complexity index is 802. The van der Waals surface area contributed by atoms with E-state index in [0.717, 1.165) is 56.7 Å². The lowest BCUT2D eigenvalue weighted by Gasteiger charge is -2.24. The van der Waals surface area contributed by atoms with Crippen LogP contribution >= 0.6 is 0 Å². The van der Waals surface area contributed by atoms with Gasteiger partial charge in [0.25, 0.3) is 0 Å². The van der Waals surface area contributed by atoms with Crippen molar-refractivity contribution in [1.82, 2.24) is 29.2 Å². The van der Waals surface area contributed by atoms with Crippen molar-refractivity contribution in [3.8, 4) is 0 Å². The van der Waals surface area contributed by atoms with Gasteiger partial charge in [-0.1, -0.05) is 6.42 Å². The highest BCUT2D eigenvalue weighted by Gasteiger charge is 2.22. The first-order valence-corrected chi connectivity index (χ1v) is 8.66. The quantitative estimate of drug-likeness (QED) is 0.865. The van der Waals surface area contributed by atoms with Gasteiger partial charge in [-0.15, -0.1) is 0 Å². The largest absolute Gasteiger partial charge is 0.350 e. The number of nitrogens with one attached hydrogen (secondary N) is 1. The summed E-state index contributed by atoms with van der Waals surface area (Å²) in [7, 11) is 0. The first-order chi connectivity index (χ1) is 11.7. The van der Waals surface area contributed by atoms with Crippen LogP contribution in [0.5, 0.6) is 0 Å². The molecule has 128 valence electrons. The van der Waals surface area contributed by atoms with Crippen molar-refractivity contribution >= 4 is 5.91 Å². The Morgan fingerprint density at radius 2 is 2.17 bits per heavy atom. The highest BCUT2D eigenvalue weighted by Crippen LogP contribution is 2.13. The molecule has 8 nitrogen and oxygen atoms in total. The zero-order valence-corrected chi connectivity index (χ0v) is 13.6. The summed E-state index contributed by atoms with van der Waals surface area (Å²) in [6.07, 6.45) is 9.45. The van der Waals surface area contributed by atoms with Crippen molar-refractivity contribution < 1.29 is 4.79 Å². The topological polar surface area (TPSA) is 86.7 Å². The molecule has 1 N–H and O–H groups in total. The molecule has 0 bridgehead atoms. The predicted molar refractivity (Wildman–Crippen MR) is 86.5 cm³/mol. The number of carbonyl (C=O) groups excluding carboxylic acids is 1. The van der Waals surface area contributed by atoms with Gasteiger partial charge in [0.1, 0.15) is 18.2 Å².